The summed E-state index contributed by atoms with van der Waals surface area (Å²) in [5.74, 6) is 0. The lowest BCUT2D eigenvalue weighted by molar-refractivity contribution is -0.704. The second kappa shape index (κ2) is 3.93. The van der Waals surface area contributed by atoms with Gasteiger partial charge in [0.1, 0.15) is 6.04 Å². The smallest absolute Gasteiger partial charge is 0.282 e. The molecule has 0 saturated carbocycles. The number of fused-ring (bicyclic) bond motifs is 1. The number of hydrogen-bond acceptors (Lipinski definition) is 2. The van der Waals surface area contributed by atoms with Crippen molar-refractivity contribution in [2.75, 3.05) is 13.1 Å². The van der Waals surface area contributed by atoms with Crippen LogP contribution in [0.2, 0.25) is 0 Å². The van der Waals surface area contributed by atoms with Gasteiger partial charge in [0.2, 0.25) is 6.17 Å². The number of rotatable bonds is 2. The molecule has 1 atom stereocenters. The van der Waals surface area contributed by atoms with Crippen molar-refractivity contribution in [2.24, 2.45) is 0 Å². The van der Waals surface area contributed by atoms with E-state index in [9.17, 15) is 0 Å². The molecule has 1 fully saturated rings. The van der Waals surface area contributed by atoms with Crippen molar-refractivity contribution in [2.45, 2.75) is 45.9 Å². The second-order valence-corrected chi connectivity index (χ2v) is 4.88. The topological polar surface area (TPSA) is 32.2 Å². The summed E-state index contributed by atoms with van der Waals surface area (Å²) in [6, 6.07) is 1.02. The first kappa shape index (κ1) is 10.6. The van der Waals surface area contributed by atoms with Crippen LogP contribution in [-0.2, 0) is 0 Å². The summed E-state index contributed by atoms with van der Waals surface area (Å²) in [6.45, 7) is 11.0. The van der Waals surface area contributed by atoms with Gasteiger partial charge in [-0.3, -0.25) is 5.32 Å². The Bertz CT molecular complexity index is 304. The van der Waals surface area contributed by atoms with E-state index in [1.165, 1.54) is 5.71 Å². The molecule has 0 aliphatic carbocycles. The van der Waals surface area contributed by atoms with Gasteiger partial charge in [0, 0.05) is 6.54 Å². The first-order valence-electron chi connectivity index (χ1n) is 5.86. The molecule has 2 N–H and O–H groups in total. The van der Waals surface area contributed by atoms with E-state index in [0.717, 1.165) is 13.1 Å². The molecule has 2 aliphatic rings. The minimum atomic E-state index is 0.370. The average Bonchev–Trinajstić information content (AvgIpc) is 2.66. The average molecular weight is 210 g/mol. The third kappa shape index (κ3) is 1.91. The highest BCUT2D eigenvalue weighted by molar-refractivity contribution is 6.29. The first-order chi connectivity index (χ1) is 7.09. The largest absolute Gasteiger partial charge is 0.284 e. The predicted octanol–water partition coefficient (Wildman–Crippen LogP) is -1.43. The molecule has 0 bridgehead atoms. The maximum absolute atomic E-state index is 3.51. The number of nitrogens with zero attached hydrogens (tertiary/aromatic N) is 2. The van der Waals surface area contributed by atoms with Crippen LogP contribution in [0.1, 0.15) is 27.7 Å². The van der Waals surface area contributed by atoms with Crippen LogP contribution in [0.25, 0.3) is 0 Å². The van der Waals surface area contributed by atoms with Gasteiger partial charge in [-0.25, -0.2) is 4.99 Å². The van der Waals surface area contributed by atoms with E-state index in [1.54, 1.807) is 0 Å². The molecule has 0 radical (unpaired) electrons. The highest BCUT2D eigenvalue weighted by Gasteiger charge is 2.46. The zero-order chi connectivity index (χ0) is 11.0. The number of hydrazone groups is 1. The Hall–Kier alpha value is -0.900. The van der Waals surface area contributed by atoms with Crippen LogP contribution in [0.5, 0.6) is 0 Å². The van der Waals surface area contributed by atoms with Crippen LogP contribution in [0, 0.1) is 0 Å². The van der Waals surface area contributed by atoms with Gasteiger partial charge in [0.05, 0.1) is 6.54 Å². The highest BCUT2D eigenvalue weighted by Crippen LogP contribution is 2.11. The summed E-state index contributed by atoms with van der Waals surface area (Å²) in [5, 5.41) is 5.91. The summed E-state index contributed by atoms with van der Waals surface area (Å²) < 4.78 is 2.33. The Morgan fingerprint density at radius 1 is 1.47 bits per heavy atom. The van der Waals surface area contributed by atoms with Crippen LogP contribution in [0.15, 0.2) is 0 Å². The Balaban J connectivity index is 2.27. The van der Waals surface area contributed by atoms with Gasteiger partial charge < -0.3 is 0 Å². The van der Waals surface area contributed by atoms with Crippen molar-refractivity contribution >= 4 is 11.9 Å². The third-order valence-electron chi connectivity index (χ3n) is 2.82. The summed E-state index contributed by atoms with van der Waals surface area (Å²) >= 11 is 0. The molecule has 2 heterocycles. The van der Waals surface area contributed by atoms with Gasteiger partial charge in [0.25, 0.3) is 11.9 Å². The van der Waals surface area contributed by atoms with Crippen molar-refractivity contribution in [3.63, 3.8) is 0 Å². The van der Waals surface area contributed by atoms with E-state index in [1.807, 2.05) is 0 Å². The van der Waals surface area contributed by atoms with Crippen molar-refractivity contribution in [1.82, 2.24) is 10.3 Å². The molecular formula is C11H22N4+2. The van der Waals surface area contributed by atoms with E-state index in [2.05, 4.69) is 53.9 Å². The summed E-state index contributed by atoms with van der Waals surface area (Å²) in [4.78, 5) is 3.51. The lowest BCUT2D eigenvalue weighted by Crippen LogP contribution is -2.80. The normalized spacial score (nSPS) is 28.1. The third-order valence-corrected chi connectivity index (χ3v) is 2.82. The molecule has 0 aromatic carbocycles. The number of hydrazine groups is 1. The fourth-order valence-corrected chi connectivity index (χ4v) is 2.25. The fourth-order valence-electron chi connectivity index (χ4n) is 2.25. The zero-order valence-electron chi connectivity index (χ0n) is 10.1. The minimum absolute atomic E-state index is 0.370. The molecule has 0 spiro atoms. The van der Waals surface area contributed by atoms with E-state index < -0.39 is 0 Å². The monoisotopic (exact) mass is 210 g/mol. The van der Waals surface area contributed by atoms with Gasteiger partial charge in [-0.15, -0.1) is 4.68 Å². The van der Waals surface area contributed by atoms with Crippen molar-refractivity contribution < 1.29 is 9.68 Å². The molecule has 0 amide bonds. The van der Waals surface area contributed by atoms with E-state index in [-0.39, 0.29) is 0 Å². The van der Waals surface area contributed by atoms with E-state index >= 15 is 0 Å². The number of nitrogens with one attached hydrogen (secondary N) is 2. The maximum Gasteiger partial charge on any atom is 0.284 e. The quantitative estimate of drug-likeness (QED) is 0.548. The Morgan fingerprint density at radius 2 is 2.20 bits per heavy atom. The molecule has 1 saturated heterocycles. The van der Waals surface area contributed by atoms with Gasteiger partial charge >= 0.3 is 0 Å². The SMILES string of the molecule is CC(C)[NH+]=C1C=[N+](C(C)C)N2CCNC12. The van der Waals surface area contributed by atoms with Gasteiger partial charge in [-0.1, -0.05) is 0 Å². The molecule has 4 heteroatoms. The van der Waals surface area contributed by atoms with Crippen molar-refractivity contribution in [3.05, 3.63) is 0 Å². The van der Waals surface area contributed by atoms with E-state index in [0.29, 0.717) is 18.2 Å². The fraction of sp³-hybridized carbons (Fsp3) is 0.818. The van der Waals surface area contributed by atoms with Crippen LogP contribution in [0.4, 0.5) is 0 Å². The minimum Gasteiger partial charge on any atom is -0.282 e. The van der Waals surface area contributed by atoms with E-state index in [4.69, 9.17) is 0 Å². The van der Waals surface area contributed by atoms with Crippen LogP contribution < -0.4 is 10.3 Å². The Morgan fingerprint density at radius 3 is 2.80 bits per heavy atom. The zero-order valence-corrected chi connectivity index (χ0v) is 10.1. The van der Waals surface area contributed by atoms with Crippen LogP contribution in [-0.4, -0.2) is 53.0 Å². The Labute approximate surface area is 91.7 Å². The van der Waals surface area contributed by atoms with Crippen molar-refractivity contribution in [1.29, 1.82) is 0 Å². The van der Waals surface area contributed by atoms with Crippen LogP contribution in [0.3, 0.4) is 0 Å². The summed E-state index contributed by atoms with van der Waals surface area (Å²) in [7, 11) is 0. The molecule has 84 valence electrons. The Kier molecular flexibility index (Phi) is 2.78. The molecular weight excluding hydrogens is 188 g/mol. The van der Waals surface area contributed by atoms with Gasteiger partial charge in [-0.05, 0) is 27.7 Å². The van der Waals surface area contributed by atoms with Crippen LogP contribution >= 0.6 is 0 Å². The summed E-state index contributed by atoms with van der Waals surface area (Å²) in [5.41, 5.74) is 1.30. The molecule has 2 aliphatic heterocycles. The predicted molar refractivity (Wildman–Crippen MR) is 61.1 cm³/mol. The molecule has 4 nitrogen and oxygen atoms in total. The lowest BCUT2D eigenvalue weighted by Gasteiger charge is -2.14. The molecule has 0 aromatic rings. The summed E-state index contributed by atoms with van der Waals surface area (Å²) in [6.07, 6.45) is 2.61. The van der Waals surface area contributed by atoms with Gasteiger partial charge in [0.15, 0.2) is 6.04 Å². The first-order valence-corrected chi connectivity index (χ1v) is 5.86. The maximum atomic E-state index is 3.51. The molecule has 15 heavy (non-hydrogen) atoms. The molecule has 0 aromatic heterocycles. The molecule has 2 rings (SSSR count). The van der Waals surface area contributed by atoms with Crippen molar-refractivity contribution in [3.8, 4) is 0 Å². The van der Waals surface area contributed by atoms with Gasteiger partial charge in [-0.2, -0.15) is 5.01 Å². The number of hydrogen-bond donors (Lipinski definition) is 2. The second-order valence-electron chi connectivity index (χ2n) is 4.88. The lowest BCUT2D eigenvalue weighted by atomic mass is 10.3. The molecule has 1 unspecified atom stereocenters. The highest BCUT2D eigenvalue weighted by atomic mass is 15.7. The standard InChI is InChI=1S/C11H21N4/c1-8(2)13-10-7-15(9(3)4)14-6-5-12-11(10)14/h7-9,11-12H,5-6H2,1-4H3/q+1/p+1.